The fourth-order valence-corrected chi connectivity index (χ4v) is 1.58. The predicted octanol–water partition coefficient (Wildman–Crippen LogP) is 1.87. The Labute approximate surface area is 120 Å². The van der Waals surface area contributed by atoms with E-state index >= 15 is 0 Å². The van der Waals surface area contributed by atoms with E-state index in [1.165, 1.54) is 7.11 Å². The van der Waals surface area contributed by atoms with Crippen molar-refractivity contribution in [3.05, 3.63) is 29.8 Å². The molecule has 20 heavy (non-hydrogen) atoms. The molecule has 0 fully saturated rings. The molecule has 1 rings (SSSR count). The molecule has 0 saturated carbocycles. The molecule has 0 aliphatic rings. The largest absolute Gasteiger partial charge is 0.494 e. The summed E-state index contributed by atoms with van der Waals surface area (Å²) in [5.41, 5.74) is 0.520. The number of ether oxygens (including phenoxy) is 3. The molecule has 112 valence electrons. The van der Waals surface area contributed by atoms with E-state index in [1.807, 2.05) is 0 Å². The lowest BCUT2D eigenvalue weighted by molar-refractivity contribution is 0.0600. The fraction of sp³-hybridized carbons (Fsp3) is 0.533. The van der Waals surface area contributed by atoms with Crippen molar-refractivity contribution in [3.63, 3.8) is 0 Å². The lowest BCUT2D eigenvalue weighted by Crippen LogP contribution is -2.19. The first kappa shape index (κ1) is 16.5. The van der Waals surface area contributed by atoms with Crippen molar-refractivity contribution in [2.75, 3.05) is 40.0 Å². The quantitative estimate of drug-likeness (QED) is 0.524. The first-order valence-electron chi connectivity index (χ1n) is 6.87. The summed E-state index contributed by atoms with van der Waals surface area (Å²) in [7, 11) is 1.36. The van der Waals surface area contributed by atoms with Crippen LogP contribution in [0.25, 0.3) is 0 Å². The summed E-state index contributed by atoms with van der Waals surface area (Å²) in [6.07, 6.45) is 0.838. The zero-order valence-electron chi connectivity index (χ0n) is 12.2. The zero-order chi connectivity index (χ0) is 14.6. The molecular weight excluding hydrogens is 258 g/mol. The van der Waals surface area contributed by atoms with Crippen molar-refractivity contribution in [2.24, 2.45) is 0 Å². The van der Waals surface area contributed by atoms with Crippen LogP contribution in [-0.4, -0.2) is 46.0 Å². The molecule has 0 aliphatic carbocycles. The molecule has 0 bridgehead atoms. The van der Waals surface area contributed by atoms with Crippen LogP contribution in [0.15, 0.2) is 24.3 Å². The Kier molecular flexibility index (Phi) is 8.42. The molecule has 0 aliphatic heterocycles. The molecule has 0 atom stereocenters. The van der Waals surface area contributed by atoms with Crippen molar-refractivity contribution in [1.82, 2.24) is 5.32 Å². The van der Waals surface area contributed by atoms with E-state index in [1.54, 1.807) is 24.3 Å². The second-order valence-electron chi connectivity index (χ2n) is 4.18. The summed E-state index contributed by atoms with van der Waals surface area (Å²) in [5.74, 6) is 0.399. The van der Waals surface area contributed by atoms with E-state index in [-0.39, 0.29) is 5.97 Å². The van der Waals surface area contributed by atoms with Crippen LogP contribution in [0.3, 0.4) is 0 Å². The molecule has 5 heteroatoms. The first-order chi connectivity index (χ1) is 9.77. The standard InChI is InChI=1S/C15H23NO4/c1-3-16-9-12-19-10-4-11-20-14-7-5-13(6-8-14)15(17)18-2/h5-8,16H,3-4,9-12H2,1-2H3. The lowest BCUT2D eigenvalue weighted by Gasteiger charge is -2.07. The van der Waals surface area contributed by atoms with Crippen molar-refractivity contribution in [2.45, 2.75) is 13.3 Å². The number of esters is 1. The minimum Gasteiger partial charge on any atom is -0.494 e. The molecule has 0 radical (unpaired) electrons. The second kappa shape index (κ2) is 10.2. The van der Waals surface area contributed by atoms with E-state index < -0.39 is 0 Å². The Bertz CT molecular complexity index is 378. The fourth-order valence-electron chi connectivity index (χ4n) is 1.58. The van der Waals surface area contributed by atoms with Crippen LogP contribution >= 0.6 is 0 Å². The summed E-state index contributed by atoms with van der Waals surface area (Å²) in [6, 6.07) is 6.90. The Morgan fingerprint density at radius 1 is 1.15 bits per heavy atom. The van der Waals surface area contributed by atoms with E-state index in [9.17, 15) is 4.79 Å². The molecule has 0 spiro atoms. The van der Waals surface area contributed by atoms with Crippen molar-refractivity contribution in [1.29, 1.82) is 0 Å². The van der Waals surface area contributed by atoms with E-state index in [2.05, 4.69) is 17.0 Å². The third kappa shape index (κ3) is 6.54. The molecule has 0 heterocycles. The Balaban J connectivity index is 2.11. The highest BCUT2D eigenvalue weighted by Crippen LogP contribution is 2.12. The van der Waals surface area contributed by atoms with Crippen LogP contribution in [0.2, 0.25) is 0 Å². The topological polar surface area (TPSA) is 56.8 Å². The minimum absolute atomic E-state index is 0.342. The molecule has 5 nitrogen and oxygen atoms in total. The maximum absolute atomic E-state index is 11.2. The number of benzene rings is 1. The number of carbonyl (C=O) groups is 1. The number of carbonyl (C=O) groups excluding carboxylic acids is 1. The number of rotatable bonds is 10. The molecule has 0 saturated heterocycles. The Morgan fingerprint density at radius 3 is 2.55 bits per heavy atom. The van der Waals surface area contributed by atoms with E-state index in [4.69, 9.17) is 9.47 Å². The van der Waals surface area contributed by atoms with Gasteiger partial charge in [-0.2, -0.15) is 0 Å². The third-order valence-corrected chi connectivity index (χ3v) is 2.65. The summed E-state index contributed by atoms with van der Waals surface area (Å²) >= 11 is 0. The zero-order valence-corrected chi connectivity index (χ0v) is 12.2. The van der Waals surface area contributed by atoms with E-state index in [0.29, 0.717) is 18.8 Å². The van der Waals surface area contributed by atoms with Gasteiger partial charge in [0.15, 0.2) is 0 Å². The second-order valence-corrected chi connectivity index (χ2v) is 4.18. The van der Waals surface area contributed by atoms with Gasteiger partial charge >= 0.3 is 5.97 Å². The van der Waals surface area contributed by atoms with Crippen molar-refractivity contribution in [3.8, 4) is 5.75 Å². The smallest absolute Gasteiger partial charge is 0.337 e. The lowest BCUT2D eigenvalue weighted by atomic mass is 10.2. The highest BCUT2D eigenvalue weighted by molar-refractivity contribution is 5.89. The number of likely N-dealkylation sites (N-methyl/N-ethyl adjacent to an activating group) is 1. The highest BCUT2D eigenvalue weighted by Gasteiger charge is 2.04. The van der Waals surface area contributed by atoms with Gasteiger partial charge in [-0.15, -0.1) is 0 Å². The van der Waals surface area contributed by atoms with Gasteiger partial charge in [0, 0.05) is 19.6 Å². The average molecular weight is 281 g/mol. The minimum atomic E-state index is -0.342. The number of hydrogen-bond acceptors (Lipinski definition) is 5. The Hall–Kier alpha value is -1.59. The van der Waals surface area contributed by atoms with Gasteiger partial charge in [0.25, 0.3) is 0 Å². The molecular formula is C15H23NO4. The maximum Gasteiger partial charge on any atom is 0.337 e. The van der Waals surface area contributed by atoms with Crippen LogP contribution in [-0.2, 0) is 9.47 Å². The van der Waals surface area contributed by atoms with Gasteiger partial charge in [-0.25, -0.2) is 4.79 Å². The monoisotopic (exact) mass is 281 g/mol. The van der Waals surface area contributed by atoms with Gasteiger partial charge < -0.3 is 19.5 Å². The molecule has 1 aromatic carbocycles. The maximum atomic E-state index is 11.2. The summed E-state index contributed by atoms with van der Waals surface area (Å²) in [6.45, 7) is 5.92. The third-order valence-electron chi connectivity index (χ3n) is 2.65. The van der Waals surface area contributed by atoms with Crippen LogP contribution in [0.1, 0.15) is 23.7 Å². The molecule has 1 aromatic rings. The predicted molar refractivity (Wildman–Crippen MR) is 77.3 cm³/mol. The van der Waals surface area contributed by atoms with E-state index in [0.717, 1.165) is 31.9 Å². The summed E-state index contributed by atoms with van der Waals surface area (Å²) < 4.78 is 15.6. The Morgan fingerprint density at radius 2 is 1.90 bits per heavy atom. The molecule has 0 aromatic heterocycles. The van der Waals surface area contributed by atoms with Gasteiger partial charge in [-0.1, -0.05) is 6.92 Å². The van der Waals surface area contributed by atoms with Gasteiger partial charge in [0.05, 0.1) is 25.9 Å². The molecule has 0 unspecified atom stereocenters. The average Bonchev–Trinajstić information content (AvgIpc) is 2.50. The normalized spacial score (nSPS) is 10.3. The van der Waals surface area contributed by atoms with Crippen LogP contribution in [0.4, 0.5) is 0 Å². The molecule has 0 amide bonds. The molecule has 1 N–H and O–H groups in total. The van der Waals surface area contributed by atoms with Crippen molar-refractivity contribution >= 4 is 5.97 Å². The van der Waals surface area contributed by atoms with Gasteiger partial charge in [0.2, 0.25) is 0 Å². The highest BCUT2D eigenvalue weighted by atomic mass is 16.5. The van der Waals surface area contributed by atoms with Crippen molar-refractivity contribution < 1.29 is 19.0 Å². The number of nitrogens with one attached hydrogen (secondary N) is 1. The van der Waals surface area contributed by atoms with Gasteiger partial charge in [0.1, 0.15) is 5.75 Å². The van der Waals surface area contributed by atoms with Crippen LogP contribution in [0, 0.1) is 0 Å². The number of hydrogen-bond donors (Lipinski definition) is 1. The number of methoxy groups -OCH3 is 1. The van der Waals surface area contributed by atoms with Crippen LogP contribution in [0.5, 0.6) is 5.75 Å². The first-order valence-corrected chi connectivity index (χ1v) is 6.87. The summed E-state index contributed by atoms with van der Waals surface area (Å²) in [5, 5.41) is 3.19. The SMILES string of the molecule is CCNCCOCCCOc1ccc(C(=O)OC)cc1. The van der Waals surface area contributed by atoms with Gasteiger partial charge in [-0.05, 0) is 30.8 Å². The van der Waals surface area contributed by atoms with Crippen LogP contribution < -0.4 is 10.1 Å². The summed E-state index contributed by atoms with van der Waals surface area (Å²) in [4.78, 5) is 11.2. The van der Waals surface area contributed by atoms with Gasteiger partial charge in [-0.3, -0.25) is 0 Å².